The lowest BCUT2D eigenvalue weighted by atomic mass is 10.1. The number of para-hydroxylation sites is 1. The van der Waals surface area contributed by atoms with Crippen LogP contribution in [-0.2, 0) is 9.47 Å². The molecule has 7 nitrogen and oxygen atoms in total. The second-order valence-electron chi connectivity index (χ2n) is 6.03. The van der Waals surface area contributed by atoms with Gasteiger partial charge in [0.1, 0.15) is 5.60 Å². The van der Waals surface area contributed by atoms with E-state index < -0.39 is 17.7 Å². The molecule has 0 fully saturated rings. The van der Waals surface area contributed by atoms with Gasteiger partial charge < -0.3 is 9.47 Å². The third-order valence-corrected chi connectivity index (χ3v) is 3.34. The molecule has 0 saturated heterocycles. The molecule has 2 rings (SSSR count). The first-order chi connectivity index (χ1) is 11.7. The summed E-state index contributed by atoms with van der Waals surface area (Å²) in [6.07, 6.45) is 2.30. The fourth-order valence-electron chi connectivity index (χ4n) is 1.97. The number of aromatic nitrogens is 2. The Morgan fingerprint density at radius 3 is 2.28 bits per heavy atom. The van der Waals surface area contributed by atoms with E-state index in [9.17, 15) is 9.59 Å². The van der Waals surface area contributed by atoms with Crippen LogP contribution < -0.4 is 4.90 Å². The quantitative estimate of drug-likeness (QED) is 0.712. The van der Waals surface area contributed by atoms with E-state index in [1.54, 1.807) is 45.0 Å². The zero-order chi connectivity index (χ0) is 18.6. The Labute approximate surface area is 154 Å². The second-order valence-corrected chi connectivity index (χ2v) is 6.94. The minimum atomic E-state index is -0.731. The molecule has 0 aliphatic heterocycles. The average Bonchev–Trinajstić information content (AvgIpc) is 2.55. The molecule has 1 aromatic carbocycles. The van der Waals surface area contributed by atoms with Gasteiger partial charge in [0.25, 0.3) is 0 Å². The van der Waals surface area contributed by atoms with Crippen molar-refractivity contribution in [3.8, 4) is 0 Å². The molecule has 0 saturated carbocycles. The predicted molar refractivity (Wildman–Crippen MR) is 95.9 cm³/mol. The summed E-state index contributed by atoms with van der Waals surface area (Å²) in [6, 6.07) is 6.52. The van der Waals surface area contributed by atoms with Crippen LogP contribution in [0.15, 0.2) is 41.1 Å². The first-order valence-corrected chi connectivity index (χ1v) is 8.20. The number of carbonyl (C=O) groups excluding carboxylic acids is 2. The summed E-state index contributed by atoms with van der Waals surface area (Å²) in [5.41, 5.74) is -0.265. The van der Waals surface area contributed by atoms with Gasteiger partial charge in [-0.2, -0.15) is 0 Å². The van der Waals surface area contributed by atoms with E-state index >= 15 is 0 Å². The summed E-state index contributed by atoms with van der Waals surface area (Å²) in [4.78, 5) is 34.3. The Morgan fingerprint density at radius 2 is 1.72 bits per heavy atom. The van der Waals surface area contributed by atoms with Crippen molar-refractivity contribution < 1.29 is 19.1 Å². The van der Waals surface area contributed by atoms with Crippen molar-refractivity contribution in [3.05, 3.63) is 46.7 Å². The maximum absolute atomic E-state index is 12.8. The minimum Gasteiger partial charge on any atom is -0.465 e. The fraction of sp³-hybridized carbons (Fsp3) is 0.294. The largest absolute Gasteiger partial charge is 0.465 e. The van der Waals surface area contributed by atoms with E-state index in [1.165, 1.54) is 19.5 Å². The number of carbonyl (C=O) groups is 2. The van der Waals surface area contributed by atoms with Crippen LogP contribution in [0.1, 0.15) is 31.1 Å². The van der Waals surface area contributed by atoms with Gasteiger partial charge in [-0.15, -0.1) is 0 Å². The lowest BCUT2D eigenvalue weighted by Crippen LogP contribution is -2.35. The molecule has 1 aromatic heterocycles. The van der Waals surface area contributed by atoms with Crippen LogP contribution in [0.3, 0.4) is 0 Å². The average molecular weight is 408 g/mol. The van der Waals surface area contributed by atoms with Crippen molar-refractivity contribution in [1.29, 1.82) is 0 Å². The number of hydrogen-bond acceptors (Lipinski definition) is 6. The van der Waals surface area contributed by atoms with Gasteiger partial charge in [0, 0.05) is 12.4 Å². The summed E-state index contributed by atoms with van der Waals surface area (Å²) in [6.45, 7) is 5.24. The highest BCUT2D eigenvalue weighted by atomic mass is 79.9. The molecule has 1 amide bonds. The van der Waals surface area contributed by atoms with E-state index in [2.05, 4.69) is 25.9 Å². The standard InChI is InChI=1S/C17H18BrN3O4/c1-17(2,3)25-16(23)21(15-19-9-11(18)10-20-15)13-8-6-5-7-12(13)14(22)24-4/h5-10H,1-4H3. The van der Waals surface area contributed by atoms with Crippen LogP contribution in [0.25, 0.3) is 0 Å². The Balaban J connectivity index is 2.58. The third kappa shape index (κ3) is 4.76. The summed E-state index contributed by atoms with van der Waals surface area (Å²) < 4.78 is 10.9. The van der Waals surface area contributed by atoms with Crippen molar-refractivity contribution in [2.75, 3.05) is 12.0 Å². The number of hydrogen-bond donors (Lipinski definition) is 0. The van der Waals surface area contributed by atoms with Gasteiger partial charge in [0.05, 0.1) is 22.8 Å². The molecule has 0 atom stereocenters. The monoisotopic (exact) mass is 407 g/mol. The van der Waals surface area contributed by atoms with Crippen LogP contribution in [0, 0.1) is 0 Å². The molecule has 0 radical (unpaired) electrons. The van der Waals surface area contributed by atoms with Gasteiger partial charge in [0.2, 0.25) is 5.95 Å². The smallest absolute Gasteiger partial charge is 0.421 e. The number of amides is 1. The molecule has 0 aliphatic rings. The zero-order valence-electron chi connectivity index (χ0n) is 14.3. The number of rotatable bonds is 3. The normalized spacial score (nSPS) is 10.9. The number of nitrogens with zero attached hydrogens (tertiary/aromatic N) is 3. The second kappa shape index (κ2) is 7.60. The number of methoxy groups -OCH3 is 1. The van der Waals surface area contributed by atoms with Crippen LogP contribution >= 0.6 is 15.9 Å². The first kappa shape index (κ1) is 18.9. The van der Waals surface area contributed by atoms with E-state index in [4.69, 9.17) is 9.47 Å². The maximum atomic E-state index is 12.8. The number of anilines is 2. The SMILES string of the molecule is COC(=O)c1ccccc1N(C(=O)OC(C)(C)C)c1ncc(Br)cn1. The lowest BCUT2D eigenvalue weighted by Gasteiger charge is -2.27. The number of esters is 1. The van der Waals surface area contributed by atoms with E-state index in [0.717, 1.165) is 4.90 Å². The number of halogens is 1. The highest BCUT2D eigenvalue weighted by molar-refractivity contribution is 9.10. The van der Waals surface area contributed by atoms with Gasteiger partial charge in [-0.05, 0) is 48.8 Å². The molecule has 25 heavy (non-hydrogen) atoms. The van der Waals surface area contributed by atoms with Gasteiger partial charge in [-0.3, -0.25) is 0 Å². The molecule has 0 unspecified atom stereocenters. The molecule has 1 heterocycles. The molecule has 2 aromatic rings. The highest BCUT2D eigenvalue weighted by Crippen LogP contribution is 2.29. The Morgan fingerprint density at radius 1 is 1.12 bits per heavy atom. The Kier molecular flexibility index (Phi) is 5.73. The van der Waals surface area contributed by atoms with Crippen LogP contribution in [0.5, 0.6) is 0 Å². The molecule has 0 bridgehead atoms. The van der Waals surface area contributed by atoms with E-state index in [-0.39, 0.29) is 17.2 Å². The fourth-order valence-corrected chi connectivity index (χ4v) is 2.17. The highest BCUT2D eigenvalue weighted by Gasteiger charge is 2.30. The van der Waals surface area contributed by atoms with E-state index in [1.807, 2.05) is 0 Å². The molecular weight excluding hydrogens is 390 g/mol. The molecule has 0 spiro atoms. The summed E-state index contributed by atoms with van der Waals surface area (Å²) >= 11 is 3.25. The molecular formula is C17H18BrN3O4. The van der Waals surface area contributed by atoms with Gasteiger partial charge in [-0.1, -0.05) is 12.1 Å². The number of benzene rings is 1. The first-order valence-electron chi connectivity index (χ1n) is 7.41. The molecule has 132 valence electrons. The lowest BCUT2D eigenvalue weighted by molar-refractivity contribution is 0.0594. The van der Waals surface area contributed by atoms with Crippen molar-refractivity contribution in [1.82, 2.24) is 9.97 Å². The van der Waals surface area contributed by atoms with Crippen LogP contribution in [-0.4, -0.2) is 34.7 Å². The van der Waals surface area contributed by atoms with Crippen molar-refractivity contribution in [2.45, 2.75) is 26.4 Å². The van der Waals surface area contributed by atoms with Crippen LogP contribution in [0.2, 0.25) is 0 Å². The summed E-state index contributed by atoms with van der Waals surface area (Å²) in [7, 11) is 1.27. The van der Waals surface area contributed by atoms with Gasteiger partial charge in [0.15, 0.2) is 0 Å². The maximum Gasteiger partial charge on any atom is 0.421 e. The van der Waals surface area contributed by atoms with Gasteiger partial charge in [-0.25, -0.2) is 24.5 Å². The van der Waals surface area contributed by atoms with E-state index in [0.29, 0.717) is 4.47 Å². The Bertz CT molecular complexity index is 772. The Hall–Kier alpha value is -2.48. The van der Waals surface area contributed by atoms with Crippen molar-refractivity contribution in [2.24, 2.45) is 0 Å². The van der Waals surface area contributed by atoms with Crippen molar-refractivity contribution >= 4 is 39.6 Å². The topological polar surface area (TPSA) is 81.6 Å². The predicted octanol–water partition coefficient (Wildman–Crippen LogP) is 4.10. The summed E-state index contributed by atoms with van der Waals surface area (Å²) in [5, 5.41) is 0. The van der Waals surface area contributed by atoms with Gasteiger partial charge >= 0.3 is 12.1 Å². The minimum absolute atomic E-state index is 0.0776. The molecule has 0 N–H and O–H groups in total. The summed E-state index contributed by atoms with van der Waals surface area (Å²) in [5.74, 6) is -0.505. The zero-order valence-corrected chi connectivity index (χ0v) is 15.9. The van der Waals surface area contributed by atoms with Crippen LogP contribution in [0.4, 0.5) is 16.4 Å². The number of ether oxygens (including phenoxy) is 2. The molecule has 8 heteroatoms. The third-order valence-electron chi connectivity index (χ3n) is 2.93. The van der Waals surface area contributed by atoms with Crippen molar-refractivity contribution in [3.63, 3.8) is 0 Å². The molecule has 0 aliphatic carbocycles.